The van der Waals surface area contributed by atoms with Gasteiger partial charge in [-0.15, -0.1) is 0 Å². The summed E-state index contributed by atoms with van der Waals surface area (Å²) in [6.07, 6.45) is 0.842. The van der Waals surface area contributed by atoms with Crippen LogP contribution >= 0.6 is 39.1 Å². The second-order valence-electron chi connectivity index (χ2n) is 4.13. The molecule has 0 radical (unpaired) electrons. The van der Waals surface area contributed by atoms with Crippen LogP contribution in [-0.2, 0) is 4.79 Å². The third-order valence-corrected chi connectivity index (χ3v) is 4.47. The molecule has 1 aromatic rings. The fourth-order valence-electron chi connectivity index (χ4n) is 2.06. The minimum Gasteiger partial charge on any atom is -0.335 e. The zero-order chi connectivity index (χ0) is 12.6. The average molecular weight is 337 g/mol. The lowest BCUT2D eigenvalue weighted by molar-refractivity contribution is -0.128. The number of alkyl halides is 1. The first-order chi connectivity index (χ1) is 8.00. The highest BCUT2D eigenvalue weighted by atomic mass is 79.9. The molecule has 0 N–H and O–H groups in total. The van der Waals surface area contributed by atoms with Gasteiger partial charge in [-0.05, 0) is 31.0 Å². The van der Waals surface area contributed by atoms with E-state index in [1.54, 1.807) is 12.1 Å². The number of likely N-dealkylation sites (tertiary alicyclic amines) is 1. The molecule has 2 unspecified atom stereocenters. The lowest BCUT2D eigenvalue weighted by Gasteiger charge is -2.25. The zero-order valence-electron chi connectivity index (χ0n) is 9.29. The molecule has 0 aliphatic carbocycles. The summed E-state index contributed by atoms with van der Waals surface area (Å²) < 4.78 is 0. The third-order valence-electron chi connectivity index (χ3n) is 3.05. The van der Waals surface area contributed by atoms with Crippen molar-refractivity contribution in [3.05, 3.63) is 33.8 Å². The SMILES string of the molecule is CC(c1ccc(Cl)cc1Cl)N1CCC(Br)C1=O. The average Bonchev–Trinajstić information content (AvgIpc) is 2.59. The number of carbonyl (C=O) groups is 1. The van der Waals surface area contributed by atoms with Crippen molar-refractivity contribution in [2.24, 2.45) is 0 Å². The normalized spacial score (nSPS) is 22.0. The first kappa shape index (κ1) is 13.2. The molecule has 0 spiro atoms. The molecule has 0 bridgehead atoms. The molecular weight excluding hydrogens is 325 g/mol. The van der Waals surface area contributed by atoms with Crippen LogP contribution in [-0.4, -0.2) is 22.2 Å². The van der Waals surface area contributed by atoms with E-state index in [9.17, 15) is 4.79 Å². The van der Waals surface area contributed by atoms with E-state index in [1.165, 1.54) is 0 Å². The summed E-state index contributed by atoms with van der Waals surface area (Å²) in [5.74, 6) is 0.128. The molecule has 1 saturated heterocycles. The zero-order valence-corrected chi connectivity index (χ0v) is 12.4. The maximum absolute atomic E-state index is 11.9. The lowest BCUT2D eigenvalue weighted by atomic mass is 10.1. The van der Waals surface area contributed by atoms with Crippen LogP contribution < -0.4 is 0 Å². The lowest BCUT2D eigenvalue weighted by Crippen LogP contribution is -2.30. The molecule has 1 aromatic carbocycles. The second kappa shape index (κ2) is 5.17. The third kappa shape index (κ3) is 2.61. The van der Waals surface area contributed by atoms with E-state index in [-0.39, 0.29) is 16.8 Å². The number of carbonyl (C=O) groups excluding carboxylic acids is 1. The van der Waals surface area contributed by atoms with Crippen molar-refractivity contribution in [1.82, 2.24) is 4.90 Å². The molecule has 92 valence electrons. The van der Waals surface area contributed by atoms with E-state index in [4.69, 9.17) is 23.2 Å². The fraction of sp³-hybridized carbons (Fsp3) is 0.417. The molecule has 0 aromatic heterocycles. The molecular formula is C12H12BrCl2NO. The molecule has 1 aliphatic rings. The number of amides is 1. The highest BCUT2D eigenvalue weighted by Crippen LogP contribution is 2.33. The van der Waals surface area contributed by atoms with Crippen LogP contribution in [0.15, 0.2) is 18.2 Å². The Labute approximate surface area is 119 Å². The van der Waals surface area contributed by atoms with Crippen LogP contribution in [0.25, 0.3) is 0 Å². The summed E-state index contributed by atoms with van der Waals surface area (Å²) in [7, 11) is 0. The van der Waals surface area contributed by atoms with Crippen LogP contribution in [0.2, 0.25) is 10.0 Å². The smallest absolute Gasteiger partial charge is 0.236 e. The molecule has 1 fully saturated rings. The van der Waals surface area contributed by atoms with Gasteiger partial charge in [-0.3, -0.25) is 4.79 Å². The predicted molar refractivity (Wildman–Crippen MR) is 73.9 cm³/mol. The summed E-state index contributed by atoms with van der Waals surface area (Å²) in [5, 5.41) is 1.22. The van der Waals surface area contributed by atoms with Crippen molar-refractivity contribution in [1.29, 1.82) is 0 Å². The first-order valence-corrected chi connectivity index (χ1v) is 7.07. The molecule has 1 heterocycles. The van der Waals surface area contributed by atoms with E-state index >= 15 is 0 Å². The number of rotatable bonds is 2. The Morgan fingerprint density at radius 1 is 1.47 bits per heavy atom. The van der Waals surface area contributed by atoms with Gasteiger partial charge in [-0.1, -0.05) is 45.2 Å². The van der Waals surface area contributed by atoms with Gasteiger partial charge in [0, 0.05) is 16.6 Å². The molecule has 17 heavy (non-hydrogen) atoms. The van der Waals surface area contributed by atoms with Crippen molar-refractivity contribution in [3.63, 3.8) is 0 Å². The Bertz CT molecular complexity index is 452. The van der Waals surface area contributed by atoms with Crippen LogP contribution in [0.1, 0.15) is 24.9 Å². The van der Waals surface area contributed by atoms with Crippen molar-refractivity contribution in [2.75, 3.05) is 6.54 Å². The van der Waals surface area contributed by atoms with E-state index in [0.29, 0.717) is 10.0 Å². The Kier molecular flexibility index (Phi) is 4.01. The van der Waals surface area contributed by atoms with Gasteiger partial charge in [0.2, 0.25) is 5.91 Å². The van der Waals surface area contributed by atoms with E-state index in [1.807, 2.05) is 17.9 Å². The van der Waals surface area contributed by atoms with Crippen molar-refractivity contribution in [2.45, 2.75) is 24.2 Å². The van der Waals surface area contributed by atoms with Gasteiger partial charge >= 0.3 is 0 Å². The highest BCUT2D eigenvalue weighted by Gasteiger charge is 2.33. The first-order valence-electron chi connectivity index (χ1n) is 5.40. The molecule has 2 rings (SSSR count). The second-order valence-corrected chi connectivity index (χ2v) is 6.08. The van der Waals surface area contributed by atoms with Crippen molar-refractivity contribution in [3.8, 4) is 0 Å². The molecule has 0 saturated carbocycles. The van der Waals surface area contributed by atoms with Gasteiger partial charge in [0.15, 0.2) is 0 Å². The van der Waals surface area contributed by atoms with E-state index in [2.05, 4.69) is 15.9 Å². The summed E-state index contributed by atoms with van der Waals surface area (Å²) >= 11 is 15.4. The summed E-state index contributed by atoms with van der Waals surface area (Å²) in [6, 6.07) is 5.37. The number of hydrogen-bond acceptors (Lipinski definition) is 1. The molecule has 1 aliphatic heterocycles. The molecule has 1 amide bonds. The van der Waals surface area contributed by atoms with E-state index in [0.717, 1.165) is 18.5 Å². The van der Waals surface area contributed by atoms with Gasteiger partial charge in [0.05, 0.1) is 10.9 Å². The van der Waals surface area contributed by atoms with Crippen LogP contribution in [0, 0.1) is 0 Å². The highest BCUT2D eigenvalue weighted by molar-refractivity contribution is 9.10. The maximum atomic E-state index is 11.9. The largest absolute Gasteiger partial charge is 0.335 e. The number of benzene rings is 1. The van der Waals surface area contributed by atoms with Gasteiger partial charge in [-0.25, -0.2) is 0 Å². The Morgan fingerprint density at radius 2 is 2.18 bits per heavy atom. The minimum absolute atomic E-state index is 0.0187. The predicted octanol–water partition coefficient (Wildman–Crippen LogP) is 4.05. The van der Waals surface area contributed by atoms with Crippen molar-refractivity contribution >= 4 is 45.0 Å². The van der Waals surface area contributed by atoms with Crippen LogP contribution in [0.4, 0.5) is 0 Å². The summed E-state index contributed by atoms with van der Waals surface area (Å²) in [6.45, 7) is 2.74. The van der Waals surface area contributed by atoms with Gasteiger partial charge in [-0.2, -0.15) is 0 Å². The van der Waals surface area contributed by atoms with Crippen LogP contribution in [0.3, 0.4) is 0 Å². The Hall–Kier alpha value is -0.250. The number of halogens is 3. The molecule has 5 heteroatoms. The van der Waals surface area contributed by atoms with Gasteiger partial charge in [0.25, 0.3) is 0 Å². The van der Waals surface area contributed by atoms with Gasteiger partial charge in [0.1, 0.15) is 0 Å². The summed E-state index contributed by atoms with van der Waals surface area (Å²) in [4.78, 5) is 13.7. The Morgan fingerprint density at radius 3 is 2.71 bits per heavy atom. The molecule has 2 nitrogen and oxygen atoms in total. The maximum Gasteiger partial charge on any atom is 0.236 e. The fourth-order valence-corrected chi connectivity index (χ4v) is 3.09. The van der Waals surface area contributed by atoms with E-state index < -0.39 is 0 Å². The standard InChI is InChI=1S/C12H12BrCl2NO/c1-7(16-5-4-10(13)12(16)17)9-3-2-8(14)6-11(9)15/h2-3,6-7,10H,4-5H2,1H3. The van der Waals surface area contributed by atoms with Crippen LogP contribution in [0.5, 0.6) is 0 Å². The Balaban J connectivity index is 2.25. The minimum atomic E-state index is -0.0592. The topological polar surface area (TPSA) is 20.3 Å². The van der Waals surface area contributed by atoms with Gasteiger partial charge < -0.3 is 4.90 Å². The molecule has 2 atom stereocenters. The quantitative estimate of drug-likeness (QED) is 0.746. The number of hydrogen-bond donors (Lipinski definition) is 0. The number of nitrogens with zero attached hydrogens (tertiary/aromatic N) is 1. The monoisotopic (exact) mass is 335 g/mol. The summed E-state index contributed by atoms with van der Waals surface area (Å²) in [5.41, 5.74) is 0.936. The van der Waals surface area contributed by atoms with Crippen molar-refractivity contribution < 1.29 is 4.79 Å².